The Labute approximate surface area is 101 Å². The SMILES string of the molecule is OCCOCC1SCCCc2ccccc21. The Morgan fingerprint density at radius 2 is 2.25 bits per heavy atom. The van der Waals surface area contributed by atoms with Crippen LogP contribution in [0.5, 0.6) is 0 Å². The predicted molar refractivity (Wildman–Crippen MR) is 67.9 cm³/mol. The van der Waals surface area contributed by atoms with Crippen molar-refractivity contribution in [3.8, 4) is 0 Å². The van der Waals surface area contributed by atoms with Crippen LogP contribution in [0.3, 0.4) is 0 Å². The van der Waals surface area contributed by atoms with Crippen molar-refractivity contribution in [1.29, 1.82) is 0 Å². The molecule has 1 N–H and O–H groups in total. The Bertz CT molecular complexity index is 327. The van der Waals surface area contributed by atoms with Crippen molar-refractivity contribution >= 4 is 11.8 Å². The highest BCUT2D eigenvalue weighted by molar-refractivity contribution is 7.99. The van der Waals surface area contributed by atoms with Crippen LogP contribution in [0, 0.1) is 0 Å². The van der Waals surface area contributed by atoms with Crippen LogP contribution < -0.4 is 0 Å². The zero-order chi connectivity index (χ0) is 11.2. The Morgan fingerprint density at radius 3 is 3.12 bits per heavy atom. The highest BCUT2D eigenvalue weighted by atomic mass is 32.2. The lowest BCUT2D eigenvalue weighted by atomic mass is 10.0. The molecule has 16 heavy (non-hydrogen) atoms. The van der Waals surface area contributed by atoms with Gasteiger partial charge in [0.2, 0.25) is 0 Å². The molecule has 1 aromatic rings. The van der Waals surface area contributed by atoms with Crippen molar-refractivity contribution in [3.63, 3.8) is 0 Å². The summed E-state index contributed by atoms with van der Waals surface area (Å²) in [5.41, 5.74) is 2.88. The smallest absolute Gasteiger partial charge is 0.0698 e. The summed E-state index contributed by atoms with van der Waals surface area (Å²) in [4.78, 5) is 0. The maximum Gasteiger partial charge on any atom is 0.0698 e. The molecule has 0 radical (unpaired) electrons. The van der Waals surface area contributed by atoms with Crippen LogP contribution >= 0.6 is 11.8 Å². The van der Waals surface area contributed by atoms with Gasteiger partial charge in [0, 0.05) is 0 Å². The number of thioether (sulfide) groups is 1. The van der Waals surface area contributed by atoms with Gasteiger partial charge in [-0.05, 0) is 29.7 Å². The number of ether oxygens (including phenoxy) is 1. The van der Waals surface area contributed by atoms with Crippen molar-refractivity contribution in [1.82, 2.24) is 0 Å². The van der Waals surface area contributed by atoms with Crippen LogP contribution in [-0.2, 0) is 11.2 Å². The van der Waals surface area contributed by atoms with Gasteiger partial charge in [-0.25, -0.2) is 0 Å². The van der Waals surface area contributed by atoms with Gasteiger partial charge in [0.15, 0.2) is 0 Å². The molecule has 0 aliphatic carbocycles. The van der Waals surface area contributed by atoms with E-state index >= 15 is 0 Å². The molecule has 0 saturated carbocycles. The fourth-order valence-corrected chi connectivity index (χ4v) is 3.24. The second kappa shape index (κ2) is 6.28. The Morgan fingerprint density at radius 1 is 1.38 bits per heavy atom. The van der Waals surface area contributed by atoms with Crippen molar-refractivity contribution in [3.05, 3.63) is 35.4 Å². The molecule has 1 unspecified atom stereocenters. The first kappa shape index (κ1) is 12.0. The van der Waals surface area contributed by atoms with Crippen LogP contribution in [0.15, 0.2) is 24.3 Å². The van der Waals surface area contributed by atoms with Crippen molar-refractivity contribution in [2.45, 2.75) is 18.1 Å². The molecule has 0 saturated heterocycles. The summed E-state index contributed by atoms with van der Waals surface area (Å²) in [6.45, 7) is 1.26. The van der Waals surface area contributed by atoms with Gasteiger partial charge in [-0.1, -0.05) is 24.3 Å². The Hall–Kier alpha value is -0.510. The summed E-state index contributed by atoms with van der Waals surface area (Å²) >= 11 is 1.97. The molecule has 1 aliphatic rings. The first-order chi connectivity index (χ1) is 7.92. The number of rotatable bonds is 4. The van der Waals surface area contributed by atoms with E-state index in [1.54, 1.807) is 0 Å². The van der Waals surface area contributed by atoms with E-state index in [0.717, 1.165) is 0 Å². The second-order valence-electron chi connectivity index (χ2n) is 3.96. The van der Waals surface area contributed by atoms with Crippen LogP contribution in [0.1, 0.15) is 22.8 Å². The molecule has 1 atom stereocenters. The van der Waals surface area contributed by atoms with Crippen LogP contribution in [-0.4, -0.2) is 30.7 Å². The molecule has 2 rings (SSSR count). The highest BCUT2D eigenvalue weighted by Gasteiger charge is 2.18. The second-order valence-corrected chi connectivity index (χ2v) is 5.27. The fourth-order valence-electron chi connectivity index (χ4n) is 2.05. The zero-order valence-electron chi connectivity index (χ0n) is 9.39. The lowest BCUT2D eigenvalue weighted by molar-refractivity contribution is 0.0932. The first-order valence-electron chi connectivity index (χ1n) is 5.80. The quantitative estimate of drug-likeness (QED) is 0.817. The Kier molecular flexibility index (Phi) is 4.69. The van der Waals surface area contributed by atoms with Gasteiger partial charge in [0.05, 0.1) is 25.1 Å². The molecule has 1 aliphatic heterocycles. The lowest BCUT2D eigenvalue weighted by Gasteiger charge is -2.16. The van der Waals surface area contributed by atoms with Crippen LogP contribution in [0.4, 0.5) is 0 Å². The summed E-state index contributed by atoms with van der Waals surface area (Å²) in [5.74, 6) is 1.20. The molecule has 1 aromatic carbocycles. The molecule has 0 fully saturated rings. The predicted octanol–water partition coefficient (Wildman–Crippen LogP) is 2.42. The zero-order valence-corrected chi connectivity index (χ0v) is 10.2. The van der Waals surface area contributed by atoms with E-state index in [0.29, 0.717) is 18.5 Å². The third-order valence-electron chi connectivity index (χ3n) is 2.82. The van der Waals surface area contributed by atoms with E-state index in [-0.39, 0.29) is 6.61 Å². The number of aliphatic hydroxyl groups excluding tert-OH is 1. The van der Waals surface area contributed by atoms with E-state index in [9.17, 15) is 0 Å². The molecule has 0 aromatic heterocycles. The van der Waals surface area contributed by atoms with Gasteiger partial charge >= 0.3 is 0 Å². The number of fused-ring (bicyclic) bond motifs is 1. The monoisotopic (exact) mass is 238 g/mol. The molecule has 2 nitrogen and oxygen atoms in total. The van der Waals surface area contributed by atoms with E-state index in [1.807, 2.05) is 11.8 Å². The molecular weight excluding hydrogens is 220 g/mol. The van der Waals surface area contributed by atoms with E-state index in [1.165, 1.54) is 29.7 Å². The minimum atomic E-state index is 0.110. The third-order valence-corrected chi connectivity index (χ3v) is 4.13. The molecule has 3 heteroatoms. The standard InChI is InChI=1S/C13H18O2S/c14-7-8-15-10-13-12-6-2-1-4-11(12)5-3-9-16-13/h1-2,4,6,13-14H,3,5,7-10H2. The average molecular weight is 238 g/mol. The lowest BCUT2D eigenvalue weighted by Crippen LogP contribution is -2.08. The fraction of sp³-hybridized carbons (Fsp3) is 0.538. The summed E-state index contributed by atoms with van der Waals surface area (Å²) < 4.78 is 5.46. The van der Waals surface area contributed by atoms with Gasteiger partial charge < -0.3 is 9.84 Å². The first-order valence-corrected chi connectivity index (χ1v) is 6.84. The van der Waals surface area contributed by atoms with E-state index in [4.69, 9.17) is 9.84 Å². The molecular formula is C13H18O2S. The molecule has 88 valence electrons. The highest BCUT2D eigenvalue weighted by Crippen LogP contribution is 2.35. The normalized spacial score (nSPS) is 20.2. The van der Waals surface area contributed by atoms with Crippen molar-refractivity contribution in [2.24, 2.45) is 0 Å². The number of benzene rings is 1. The van der Waals surface area contributed by atoms with Crippen LogP contribution in [0.25, 0.3) is 0 Å². The molecule has 0 spiro atoms. The van der Waals surface area contributed by atoms with Gasteiger partial charge in [-0.3, -0.25) is 0 Å². The minimum absolute atomic E-state index is 0.110. The molecule has 1 heterocycles. The van der Waals surface area contributed by atoms with Gasteiger partial charge in [0.1, 0.15) is 0 Å². The van der Waals surface area contributed by atoms with E-state index < -0.39 is 0 Å². The number of aliphatic hydroxyl groups is 1. The molecule has 0 amide bonds. The van der Waals surface area contributed by atoms with Crippen LogP contribution in [0.2, 0.25) is 0 Å². The van der Waals surface area contributed by atoms with E-state index in [2.05, 4.69) is 24.3 Å². The Balaban J connectivity index is 2.06. The molecule has 0 bridgehead atoms. The third kappa shape index (κ3) is 3.00. The number of aryl methyl sites for hydroxylation is 1. The number of hydrogen-bond donors (Lipinski definition) is 1. The number of hydrogen-bond acceptors (Lipinski definition) is 3. The maximum absolute atomic E-state index is 8.71. The largest absolute Gasteiger partial charge is 0.394 e. The topological polar surface area (TPSA) is 29.5 Å². The maximum atomic E-state index is 8.71. The van der Waals surface area contributed by atoms with Crippen molar-refractivity contribution < 1.29 is 9.84 Å². The van der Waals surface area contributed by atoms with Crippen molar-refractivity contribution in [2.75, 3.05) is 25.6 Å². The summed E-state index contributed by atoms with van der Waals surface area (Å²) in [6.07, 6.45) is 2.43. The summed E-state index contributed by atoms with van der Waals surface area (Å²) in [7, 11) is 0. The van der Waals surface area contributed by atoms with Gasteiger partial charge in [-0.15, -0.1) is 0 Å². The van der Waals surface area contributed by atoms with Gasteiger partial charge in [-0.2, -0.15) is 11.8 Å². The minimum Gasteiger partial charge on any atom is -0.394 e. The average Bonchev–Trinajstić information content (AvgIpc) is 2.52. The summed E-state index contributed by atoms with van der Waals surface area (Å²) in [6, 6.07) is 8.64. The van der Waals surface area contributed by atoms with Gasteiger partial charge in [0.25, 0.3) is 0 Å². The summed E-state index contributed by atoms with van der Waals surface area (Å²) in [5, 5.41) is 9.15.